The predicted molar refractivity (Wildman–Crippen MR) is 125 cm³/mol. The number of amides is 2. The first-order valence-corrected chi connectivity index (χ1v) is 11.0. The van der Waals surface area contributed by atoms with Gasteiger partial charge in [0.05, 0.1) is 5.69 Å². The Morgan fingerprint density at radius 2 is 1.65 bits per heavy atom. The van der Waals surface area contributed by atoms with Crippen molar-refractivity contribution in [2.45, 2.75) is 24.3 Å². The zero-order valence-corrected chi connectivity index (χ0v) is 18.5. The molecule has 0 spiro atoms. The van der Waals surface area contributed by atoms with E-state index in [4.69, 9.17) is 4.74 Å². The molecular formula is C26H23N3O5. The van der Waals surface area contributed by atoms with Crippen molar-refractivity contribution >= 4 is 23.7 Å². The summed E-state index contributed by atoms with van der Waals surface area (Å²) in [5.41, 5.74) is 3.36. The van der Waals surface area contributed by atoms with Crippen LogP contribution in [0.1, 0.15) is 40.4 Å². The number of pyridine rings is 1. The molecule has 0 atom stereocenters. The third-order valence-electron chi connectivity index (χ3n) is 6.66. The molecule has 172 valence electrons. The van der Waals surface area contributed by atoms with Gasteiger partial charge >= 0.3 is 12.1 Å². The molecule has 1 heterocycles. The number of nitrogens with zero attached hydrogens (tertiary/aromatic N) is 2. The van der Waals surface area contributed by atoms with E-state index in [0.717, 1.165) is 22.3 Å². The molecule has 0 unspecified atom stereocenters. The fraction of sp³-hybridized carbons (Fsp3) is 0.231. The summed E-state index contributed by atoms with van der Waals surface area (Å²) < 4.78 is 5.56. The molecule has 2 aromatic carbocycles. The van der Waals surface area contributed by atoms with E-state index in [-0.39, 0.29) is 23.9 Å². The van der Waals surface area contributed by atoms with Crippen LogP contribution in [0.5, 0.6) is 0 Å². The Hall–Kier alpha value is -4.20. The highest BCUT2D eigenvalue weighted by Crippen LogP contribution is 2.44. The Kier molecular flexibility index (Phi) is 5.28. The summed E-state index contributed by atoms with van der Waals surface area (Å²) in [4.78, 5) is 42.5. The quantitative estimate of drug-likeness (QED) is 0.576. The molecule has 3 aromatic rings. The standard InChI is InChI=1S/C26H23N3O5/c1-29(26(12-13-26)24(31)32)23(30)22-21(11-6-14-27-22)28-25(33)34-15-20-18-9-4-2-7-16(18)17-8-3-5-10-19(17)20/h2-11,14,20H,12-13,15H2,1H3,(H,28,33)(H,31,32). The number of aromatic nitrogens is 1. The van der Waals surface area contributed by atoms with E-state index >= 15 is 0 Å². The average molecular weight is 457 g/mol. The fourth-order valence-electron chi connectivity index (χ4n) is 4.59. The number of carboxylic acid groups (broad SMARTS) is 1. The largest absolute Gasteiger partial charge is 0.479 e. The van der Waals surface area contributed by atoms with Crippen LogP contribution in [0.25, 0.3) is 11.1 Å². The van der Waals surface area contributed by atoms with Crippen LogP contribution in [0, 0.1) is 0 Å². The molecule has 0 radical (unpaired) electrons. The number of carbonyl (C=O) groups is 3. The van der Waals surface area contributed by atoms with Crippen molar-refractivity contribution in [3.63, 3.8) is 0 Å². The minimum atomic E-state index is -1.21. The molecule has 34 heavy (non-hydrogen) atoms. The van der Waals surface area contributed by atoms with Crippen molar-refractivity contribution in [1.82, 2.24) is 9.88 Å². The van der Waals surface area contributed by atoms with Gasteiger partial charge in [0.15, 0.2) is 5.69 Å². The number of rotatable bonds is 6. The van der Waals surface area contributed by atoms with Gasteiger partial charge in [0, 0.05) is 19.2 Å². The molecule has 0 saturated heterocycles. The monoisotopic (exact) mass is 457 g/mol. The highest BCUT2D eigenvalue weighted by molar-refractivity contribution is 6.03. The second-order valence-corrected chi connectivity index (χ2v) is 8.55. The van der Waals surface area contributed by atoms with E-state index in [1.807, 2.05) is 36.4 Å². The molecule has 5 rings (SSSR count). The van der Waals surface area contributed by atoms with Gasteiger partial charge in [-0.25, -0.2) is 14.6 Å². The minimum Gasteiger partial charge on any atom is -0.479 e. The van der Waals surface area contributed by atoms with E-state index in [9.17, 15) is 19.5 Å². The Labute approximate surface area is 196 Å². The van der Waals surface area contributed by atoms with Crippen molar-refractivity contribution in [3.05, 3.63) is 83.7 Å². The number of likely N-dealkylation sites (N-methyl/N-ethyl adjacent to an activating group) is 1. The molecule has 1 fully saturated rings. The first-order chi connectivity index (χ1) is 16.4. The van der Waals surface area contributed by atoms with Crippen LogP contribution in [0.15, 0.2) is 66.9 Å². The van der Waals surface area contributed by atoms with E-state index in [0.29, 0.717) is 12.8 Å². The van der Waals surface area contributed by atoms with Crippen molar-refractivity contribution < 1.29 is 24.2 Å². The maximum Gasteiger partial charge on any atom is 0.411 e. The Morgan fingerprint density at radius 1 is 1.03 bits per heavy atom. The van der Waals surface area contributed by atoms with Crippen LogP contribution < -0.4 is 5.32 Å². The molecule has 8 nitrogen and oxygen atoms in total. The summed E-state index contributed by atoms with van der Waals surface area (Å²) in [7, 11) is 1.44. The van der Waals surface area contributed by atoms with Crippen molar-refractivity contribution in [2.75, 3.05) is 19.0 Å². The van der Waals surface area contributed by atoms with Gasteiger partial charge in [0.2, 0.25) is 0 Å². The molecule has 2 aliphatic rings. The number of fused-ring (bicyclic) bond motifs is 3. The van der Waals surface area contributed by atoms with Crippen LogP contribution >= 0.6 is 0 Å². The van der Waals surface area contributed by atoms with Gasteiger partial charge < -0.3 is 14.7 Å². The third-order valence-corrected chi connectivity index (χ3v) is 6.66. The van der Waals surface area contributed by atoms with Crippen LogP contribution in [-0.2, 0) is 9.53 Å². The number of benzene rings is 2. The van der Waals surface area contributed by atoms with Crippen LogP contribution in [-0.4, -0.2) is 52.2 Å². The van der Waals surface area contributed by atoms with Gasteiger partial charge in [0.25, 0.3) is 5.91 Å². The molecule has 2 aliphatic carbocycles. The number of anilines is 1. The van der Waals surface area contributed by atoms with Gasteiger partial charge in [-0.1, -0.05) is 48.5 Å². The maximum absolute atomic E-state index is 13.0. The van der Waals surface area contributed by atoms with Crippen LogP contribution in [0.2, 0.25) is 0 Å². The number of carbonyl (C=O) groups excluding carboxylic acids is 2. The summed E-state index contributed by atoms with van der Waals surface area (Å²) in [5, 5.41) is 12.1. The number of aliphatic carboxylic acids is 1. The van der Waals surface area contributed by atoms with Crippen LogP contribution in [0.3, 0.4) is 0 Å². The first-order valence-electron chi connectivity index (χ1n) is 11.0. The Balaban J connectivity index is 1.30. The maximum atomic E-state index is 13.0. The van der Waals surface area contributed by atoms with Gasteiger partial charge in [-0.05, 0) is 47.2 Å². The molecular weight excluding hydrogens is 434 g/mol. The normalized spacial score (nSPS) is 15.1. The smallest absolute Gasteiger partial charge is 0.411 e. The van der Waals surface area contributed by atoms with Crippen molar-refractivity contribution in [2.24, 2.45) is 0 Å². The van der Waals surface area contributed by atoms with Gasteiger partial charge in [0.1, 0.15) is 12.1 Å². The Morgan fingerprint density at radius 3 is 2.24 bits per heavy atom. The van der Waals surface area contributed by atoms with E-state index in [1.54, 1.807) is 6.07 Å². The highest BCUT2D eigenvalue weighted by atomic mass is 16.5. The molecule has 8 heteroatoms. The average Bonchev–Trinajstić information content (AvgIpc) is 3.61. The lowest BCUT2D eigenvalue weighted by molar-refractivity contribution is -0.143. The lowest BCUT2D eigenvalue weighted by Gasteiger charge is -2.24. The van der Waals surface area contributed by atoms with E-state index < -0.39 is 23.5 Å². The van der Waals surface area contributed by atoms with E-state index in [1.165, 1.54) is 24.2 Å². The van der Waals surface area contributed by atoms with Crippen molar-refractivity contribution in [1.29, 1.82) is 0 Å². The van der Waals surface area contributed by atoms with Gasteiger partial charge in [-0.2, -0.15) is 0 Å². The number of nitrogens with one attached hydrogen (secondary N) is 1. The Bertz CT molecular complexity index is 1260. The van der Waals surface area contributed by atoms with Crippen molar-refractivity contribution in [3.8, 4) is 11.1 Å². The molecule has 2 N–H and O–H groups in total. The highest BCUT2D eigenvalue weighted by Gasteiger charge is 2.56. The summed E-state index contributed by atoms with van der Waals surface area (Å²) in [6, 6.07) is 19.2. The summed E-state index contributed by atoms with van der Waals surface area (Å²) in [6.07, 6.45) is 1.47. The predicted octanol–water partition coefficient (Wildman–Crippen LogP) is 4.13. The molecule has 1 aromatic heterocycles. The lowest BCUT2D eigenvalue weighted by atomic mass is 9.98. The number of hydrogen-bond acceptors (Lipinski definition) is 5. The topological polar surface area (TPSA) is 109 Å². The number of hydrogen-bond donors (Lipinski definition) is 2. The third kappa shape index (κ3) is 3.57. The van der Waals surface area contributed by atoms with Gasteiger partial charge in [-0.3, -0.25) is 10.1 Å². The molecule has 0 aliphatic heterocycles. The second kappa shape index (κ2) is 8.30. The first kappa shape index (κ1) is 21.6. The second-order valence-electron chi connectivity index (χ2n) is 8.55. The SMILES string of the molecule is CN(C(=O)c1ncccc1NC(=O)OCC1c2ccccc2-c2ccccc21)C1(C(=O)O)CC1. The number of carboxylic acids is 1. The minimum absolute atomic E-state index is 0.0361. The zero-order valence-electron chi connectivity index (χ0n) is 18.5. The molecule has 0 bridgehead atoms. The van der Waals surface area contributed by atoms with Crippen LogP contribution in [0.4, 0.5) is 10.5 Å². The number of ether oxygens (including phenoxy) is 1. The summed E-state index contributed by atoms with van der Waals surface area (Å²) >= 11 is 0. The molecule has 2 amide bonds. The van der Waals surface area contributed by atoms with E-state index in [2.05, 4.69) is 22.4 Å². The summed E-state index contributed by atoms with van der Waals surface area (Å²) in [5.74, 6) is -1.72. The van der Waals surface area contributed by atoms with Gasteiger partial charge in [-0.15, -0.1) is 0 Å². The fourth-order valence-corrected chi connectivity index (χ4v) is 4.59. The lowest BCUT2D eigenvalue weighted by Crippen LogP contribution is -2.45. The summed E-state index contributed by atoms with van der Waals surface area (Å²) in [6.45, 7) is 0.130. The molecule has 1 saturated carbocycles. The zero-order chi connectivity index (χ0) is 23.9.